The predicted molar refractivity (Wildman–Crippen MR) is 66.4 cm³/mol. The van der Waals surface area contributed by atoms with E-state index in [-0.39, 0.29) is 0 Å². The SMILES string of the molecule is CC1CCC(CNC(C)c2ccccc2)O1. The highest BCUT2D eigenvalue weighted by molar-refractivity contribution is 5.17. The zero-order valence-electron chi connectivity index (χ0n) is 10.1. The van der Waals surface area contributed by atoms with Gasteiger partial charge in [-0.15, -0.1) is 0 Å². The highest BCUT2D eigenvalue weighted by atomic mass is 16.5. The van der Waals surface area contributed by atoms with Crippen LogP contribution in [0.15, 0.2) is 30.3 Å². The Morgan fingerprint density at radius 2 is 2.06 bits per heavy atom. The third-order valence-corrected chi connectivity index (χ3v) is 3.27. The van der Waals surface area contributed by atoms with Crippen molar-refractivity contribution in [3.05, 3.63) is 35.9 Å². The van der Waals surface area contributed by atoms with Crippen molar-refractivity contribution in [2.45, 2.75) is 44.9 Å². The molecule has 16 heavy (non-hydrogen) atoms. The molecular weight excluding hydrogens is 198 g/mol. The average molecular weight is 219 g/mol. The third-order valence-electron chi connectivity index (χ3n) is 3.27. The largest absolute Gasteiger partial charge is 0.374 e. The Labute approximate surface area is 98.0 Å². The number of benzene rings is 1. The van der Waals surface area contributed by atoms with Gasteiger partial charge in [0, 0.05) is 12.6 Å². The minimum absolute atomic E-state index is 0.403. The number of nitrogens with one attached hydrogen (secondary N) is 1. The summed E-state index contributed by atoms with van der Waals surface area (Å²) in [7, 11) is 0. The monoisotopic (exact) mass is 219 g/mol. The summed E-state index contributed by atoms with van der Waals surface area (Å²) >= 11 is 0. The topological polar surface area (TPSA) is 21.3 Å². The van der Waals surface area contributed by atoms with Crippen LogP contribution in [-0.4, -0.2) is 18.8 Å². The summed E-state index contributed by atoms with van der Waals surface area (Å²) in [6.45, 7) is 5.31. The molecule has 2 rings (SSSR count). The van der Waals surface area contributed by atoms with Crippen LogP contribution in [0.2, 0.25) is 0 Å². The Hall–Kier alpha value is -0.860. The van der Waals surface area contributed by atoms with Gasteiger partial charge in [-0.3, -0.25) is 0 Å². The van der Waals surface area contributed by atoms with Gasteiger partial charge in [0.2, 0.25) is 0 Å². The predicted octanol–water partition coefficient (Wildman–Crippen LogP) is 2.90. The van der Waals surface area contributed by atoms with Crippen LogP contribution >= 0.6 is 0 Å². The first-order valence-electron chi connectivity index (χ1n) is 6.19. The normalized spacial score (nSPS) is 26.9. The molecule has 0 aromatic heterocycles. The lowest BCUT2D eigenvalue weighted by atomic mass is 10.1. The third kappa shape index (κ3) is 3.06. The van der Waals surface area contributed by atoms with Crippen LogP contribution in [0.5, 0.6) is 0 Å². The van der Waals surface area contributed by atoms with Crippen LogP contribution in [0, 0.1) is 0 Å². The molecule has 1 aromatic carbocycles. The lowest BCUT2D eigenvalue weighted by Crippen LogP contribution is -2.29. The Bertz CT molecular complexity index is 312. The molecule has 1 aliphatic heterocycles. The van der Waals surface area contributed by atoms with E-state index in [0.29, 0.717) is 18.2 Å². The van der Waals surface area contributed by atoms with Gasteiger partial charge in [-0.1, -0.05) is 30.3 Å². The van der Waals surface area contributed by atoms with Crippen molar-refractivity contribution in [1.82, 2.24) is 5.32 Å². The van der Waals surface area contributed by atoms with E-state index in [9.17, 15) is 0 Å². The molecular formula is C14H21NO. The van der Waals surface area contributed by atoms with E-state index in [1.807, 2.05) is 0 Å². The van der Waals surface area contributed by atoms with Crippen molar-refractivity contribution in [2.75, 3.05) is 6.54 Å². The van der Waals surface area contributed by atoms with E-state index in [4.69, 9.17) is 4.74 Å². The molecule has 1 saturated heterocycles. The van der Waals surface area contributed by atoms with Crippen molar-refractivity contribution in [2.24, 2.45) is 0 Å². The summed E-state index contributed by atoms with van der Waals surface area (Å²) in [6, 6.07) is 11.0. The second kappa shape index (κ2) is 5.46. The molecule has 1 aromatic rings. The van der Waals surface area contributed by atoms with Gasteiger partial charge in [0.05, 0.1) is 12.2 Å². The molecule has 0 saturated carbocycles. The second-order valence-electron chi connectivity index (χ2n) is 4.69. The summed E-state index contributed by atoms with van der Waals surface area (Å²) in [5.74, 6) is 0. The Morgan fingerprint density at radius 1 is 1.31 bits per heavy atom. The molecule has 3 atom stereocenters. The van der Waals surface area contributed by atoms with Crippen molar-refractivity contribution in [1.29, 1.82) is 0 Å². The molecule has 1 heterocycles. The van der Waals surface area contributed by atoms with Crippen LogP contribution in [-0.2, 0) is 4.74 Å². The van der Waals surface area contributed by atoms with Gasteiger partial charge in [-0.25, -0.2) is 0 Å². The van der Waals surface area contributed by atoms with E-state index in [1.54, 1.807) is 0 Å². The van der Waals surface area contributed by atoms with Gasteiger partial charge in [-0.05, 0) is 32.3 Å². The zero-order valence-corrected chi connectivity index (χ0v) is 10.1. The molecule has 0 spiro atoms. The van der Waals surface area contributed by atoms with Crippen LogP contribution in [0.3, 0.4) is 0 Å². The van der Waals surface area contributed by atoms with Gasteiger partial charge in [0.15, 0.2) is 0 Å². The molecule has 1 aliphatic rings. The molecule has 2 heteroatoms. The fourth-order valence-electron chi connectivity index (χ4n) is 2.20. The summed E-state index contributed by atoms with van der Waals surface area (Å²) < 4.78 is 5.79. The van der Waals surface area contributed by atoms with Crippen molar-refractivity contribution in [3.63, 3.8) is 0 Å². The first-order valence-corrected chi connectivity index (χ1v) is 6.19. The molecule has 0 bridgehead atoms. The van der Waals surface area contributed by atoms with E-state index < -0.39 is 0 Å². The minimum atomic E-state index is 0.403. The van der Waals surface area contributed by atoms with E-state index in [1.165, 1.54) is 18.4 Å². The van der Waals surface area contributed by atoms with E-state index in [2.05, 4.69) is 49.5 Å². The molecule has 0 aliphatic carbocycles. The first kappa shape index (κ1) is 11.6. The van der Waals surface area contributed by atoms with Crippen molar-refractivity contribution < 1.29 is 4.74 Å². The van der Waals surface area contributed by atoms with Crippen LogP contribution in [0.4, 0.5) is 0 Å². The van der Waals surface area contributed by atoms with Gasteiger partial charge in [0.1, 0.15) is 0 Å². The van der Waals surface area contributed by atoms with Gasteiger partial charge >= 0.3 is 0 Å². The number of rotatable bonds is 4. The summed E-state index contributed by atoms with van der Waals surface area (Å²) in [5.41, 5.74) is 1.34. The van der Waals surface area contributed by atoms with Gasteiger partial charge in [-0.2, -0.15) is 0 Å². The van der Waals surface area contributed by atoms with Gasteiger partial charge < -0.3 is 10.1 Å². The smallest absolute Gasteiger partial charge is 0.0704 e. The standard InChI is InChI=1S/C14H21NO/c1-11-8-9-14(16-11)10-15-12(2)13-6-4-3-5-7-13/h3-7,11-12,14-15H,8-10H2,1-2H3. The molecule has 2 nitrogen and oxygen atoms in total. The fourth-order valence-corrected chi connectivity index (χ4v) is 2.20. The maximum absolute atomic E-state index is 5.79. The second-order valence-corrected chi connectivity index (χ2v) is 4.69. The number of hydrogen-bond donors (Lipinski definition) is 1. The summed E-state index contributed by atoms with van der Waals surface area (Å²) in [5, 5.41) is 3.54. The molecule has 3 unspecified atom stereocenters. The first-order chi connectivity index (χ1) is 7.75. The van der Waals surface area contributed by atoms with Crippen LogP contribution < -0.4 is 5.32 Å². The fraction of sp³-hybridized carbons (Fsp3) is 0.571. The lowest BCUT2D eigenvalue weighted by molar-refractivity contribution is 0.0546. The minimum Gasteiger partial charge on any atom is -0.374 e. The van der Waals surface area contributed by atoms with E-state index >= 15 is 0 Å². The number of ether oxygens (including phenoxy) is 1. The quantitative estimate of drug-likeness (QED) is 0.840. The van der Waals surface area contributed by atoms with E-state index in [0.717, 1.165) is 6.54 Å². The summed E-state index contributed by atoms with van der Waals surface area (Å²) in [6.07, 6.45) is 3.24. The van der Waals surface area contributed by atoms with Crippen molar-refractivity contribution >= 4 is 0 Å². The number of hydrogen-bond acceptors (Lipinski definition) is 2. The molecule has 88 valence electrons. The van der Waals surface area contributed by atoms with Crippen LogP contribution in [0.25, 0.3) is 0 Å². The van der Waals surface area contributed by atoms with Gasteiger partial charge in [0.25, 0.3) is 0 Å². The Morgan fingerprint density at radius 3 is 2.69 bits per heavy atom. The molecule has 1 fully saturated rings. The summed E-state index contributed by atoms with van der Waals surface area (Å²) in [4.78, 5) is 0. The molecule has 1 N–H and O–H groups in total. The zero-order chi connectivity index (χ0) is 11.4. The lowest BCUT2D eigenvalue weighted by Gasteiger charge is -2.17. The maximum Gasteiger partial charge on any atom is 0.0704 e. The highest BCUT2D eigenvalue weighted by Gasteiger charge is 2.21. The van der Waals surface area contributed by atoms with Crippen molar-refractivity contribution in [3.8, 4) is 0 Å². The Balaban J connectivity index is 1.78. The Kier molecular flexibility index (Phi) is 3.97. The highest BCUT2D eigenvalue weighted by Crippen LogP contribution is 2.19. The maximum atomic E-state index is 5.79. The molecule has 0 amide bonds. The van der Waals surface area contributed by atoms with Crippen LogP contribution in [0.1, 0.15) is 38.3 Å². The molecule has 0 radical (unpaired) electrons. The average Bonchev–Trinajstić information content (AvgIpc) is 2.73.